The predicted molar refractivity (Wildman–Crippen MR) is 477 cm³/mol. The van der Waals surface area contributed by atoms with E-state index in [2.05, 4.69) is 66.1 Å². The third kappa shape index (κ3) is 25.6. The minimum Gasteiger partial charge on any atom is -0.508 e. The van der Waals surface area contributed by atoms with Crippen molar-refractivity contribution in [1.29, 1.82) is 0 Å². The Morgan fingerprint density at radius 1 is 0.769 bits per heavy atom. The highest BCUT2D eigenvalue weighted by molar-refractivity contribution is 6.39. The molecule has 6 aromatic heterocycles. The number of nitrogen functional groups attached to an aromatic ring is 1. The summed E-state index contributed by atoms with van der Waals surface area (Å²) in [5.74, 6) is -8.28. The van der Waals surface area contributed by atoms with E-state index in [0.717, 1.165) is 32.6 Å². The number of aromatic nitrogens is 12. The molecular weight excluding hydrogens is 1680 g/mol. The third-order valence-electron chi connectivity index (χ3n) is 25.0. The second-order valence-corrected chi connectivity index (χ2v) is 34.6. The molecule has 39 heteroatoms. The monoisotopic (exact) mass is 1800 g/mol. The Balaban J connectivity index is 0.530. The maximum absolute atomic E-state index is 14.7. The van der Waals surface area contributed by atoms with Crippen LogP contribution >= 0.6 is 0 Å². The first kappa shape index (κ1) is 97.6. The molecule has 10 heterocycles. The van der Waals surface area contributed by atoms with Crippen LogP contribution in [0, 0.1) is 29.6 Å². The molecule has 1 saturated carbocycles. The van der Waals surface area contributed by atoms with Crippen LogP contribution in [-0.4, -0.2) is 273 Å². The number of allylic oxidation sites excluding steroid dienone is 6. The molecule has 12 N–H and O–H groups in total. The number of H-pyrrole nitrogens is 1. The van der Waals surface area contributed by atoms with Crippen LogP contribution in [0.3, 0.4) is 0 Å². The van der Waals surface area contributed by atoms with Gasteiger partial charge in [-0.05, 0) is 138 Å². The van der Waals surface area contributed by atoms with Gasteiger partial charge in [-0.1, -0.05) is 69.4 Å². The molecule has 12 rings (SSSR count). The van der Waals surface area contributed by atoms with Crippen molar-refractivity contribution in [2.45, 2.75) is 218 Å². The first-order valence-corrected chi connectivity index (χ1v) is 44.9. The van der Waals surface area contributed by atoms with Crippen molar-refractivity contribution in [3.63, 3.8) is 0 Å². The van der Waals surface area contributed by atoms with E-state index in [1.54, 1.807) is 81.1 Å². The van der Waals surface area contributed by atoms with E-state index in [-0.39, 0.29) is 119 Å². The Labute approximate surface area is 754 Å². The Kier molecular flexibility index (Phi) is 34.8. The Hall–Kier alpha value is -11.4. The van der Waals surface area contributed by atoms with Gasteiger partial charge in [-0.2, -0.15) is 5.10 Å². The number of cyclic esters (lactones) is 1. The number of rotatable bonds is 28. The molecule has 0 unspecified atom stereocenters. The van der Waals surface area contributed by atoms with Crippen LogP contribution in [0.15, 0.2) is 109 Å². The molecule has 15 atom stereocenters. The van der Waals surface area contributed by atoms with E-state index in [1.165, 1.54) is 31.7 Å². The number of nitrogens with zero attached hydrogens (tertiary/aromatic N) is 14. The Morgan fingerprint density at radius 3 is 2.25 bits per heavy atom. The second-order valence-electron chi connectivity index (χ2n) is 34.6. The molecule has 130 heavy (non-hydrogen) atoms. The highest BCUT2D eigenvalue weighted by Crippen LogP contribution is 2.40. The van der Waals surface area contributed by atoms with Crippen LogP contribution in [0.25, 0.3) is 33.3 Å². The van der Waals surface area contributed by atoms with Crippen molar-refractivity contribution in [3.8, 4) is 17.1 Å². The Bertz CT molecular complexity index is 5150. The summed E-state index contributed by atoms with van der Waals surface area (Å²) < 4.78 is 44.5. The van der Waals surface area contributed by atoms with Crippen LogP contribution in [0.5, 0.6) is 5.75 Å². The lowest BCUT2D eigenvalue weighted by Crippen LogP contribution is -2.61. The number of aliphatic hydroxyl groups is 3. The van der Waals surface area contributed by atoms with E-state index in [1.807, 2.05) is 55.2 Å². The number of ketones is 3. The molecular formula is C91H124N20O19. The summed E-state index contributed by atoms with van der Waals surface area (Å²) in [6.07, 6.45) is 18.7. The van der Waals surface area contributed by atoms with Crippen LogP contribution < -0.4 is 37.2 Å². The number of aromatic hydroxyl groups is 1. The zero-order valence-corrected chi connectivity index (χ0v) is 75.2. The number of nitrogens with two attached hydrogens (primary N) is 2. The van der Waals surface area contributed by atoms with Crippen LogP contribution in [0.4, 0.5) is 22.5 Å². The lowest BCUT2D eigenvalue weighted by atomic mass is 9.79. The van der Waals surface area contributed by atoms with Crippen molar-refractivity contribution in [2.75, 3.05) is 102 Å². The molecule has 5 aliphatic rings. The molecule has 1 aliphatic carbocycles. The highest BCUT2D eigenvalue weighted by atomic mass is 16.6. The number of hydrogen-bond donors (Lipinski definition) is 10. The van der Waals surface area contributed by atoms with Crippen molar-refractivity contribution < 1.29 is 91.9 Å². The summed E-state index contributed by atoms with van der Waals surface area (Å²) in [4.78, 5) is 146. The van der Waals surface area contributed by atoms with Crippen LogP contribution in [0.1, 0.15) is 166 Å². The topological polar surface area (TPSA) is 522 Å². The molecule has 0 spiro atoms. The zero-order chi connectivity index (χ0) is 92.7. The quantitative estimate of drug-likeness (QED) is 0.0110. The summed E-state index contributed by atoms with van der Waals surface area (Å²) in [5, 5.41) is 68.1. The number of amides is 4. The van der Waals surface area contributed by atoms with Crippen molar-refractivity contribution in [2.24, 2.45) is 35.3 Å². The molecule has 2 bridgehead atoms. The SMILES string of the molecule is CO[C@H]1C[C@@H]2CC[C@@H](C)[C@@](O)(O2)C(=O)C(=O)N2CCCC[C@H]2C(=O)O[C@H]([C@H](N)C[C@@H]2CC[C@H](n3cc(COC(=O)NCCOCCOCCC(=O)NCc4cnc(N5CCN(c6ncc(C(=O)NCCCCn7nc(-c8cc9cc(O)ccc9[nH]8)c8c(N)ncnc87)cn6)CC5)nc4)nn3)[C@H](OC)C2)CC(=O)[C@H](C)/C=C(\C)[C@@H](O)[C@@H](O)C(=O)[C@H](C)C[C@H](C)/C=C/C=C/C=C/1C. The van der Waals surface area contributed by atoms with Crippen LogP contribution in [-0.2, 0) is 81.6 Å². The predicted octanol–water partition coefficient (Wildman–Crippen LogP) is 6.35. The first-order valence-electron chi connectivity index (χ1n) is 44.9. The van der Waals surface area contributed by atoms with Gasteiger partial charge in [0.15, 0.2) is 11.4 Å². The number of methoxy groups -OCH3 is 2. The van der Waals surface area contributed by atoms with Crippen molar-refractivity contribution in [3.05, 3.63) is 126 Å². The average Bonchev–Trinajstić information content (AvgIpc) is 1.52. The first-order chi connectivity index (χ1) is 62.6. The number of aryl methyl sites for hydroxylation is 1. The molecule has 4 aliphatic heterocycles. The normalized spacial score (nSPS) is 26.7. The van der Waals surface area contributed by atoms with E-state index in [0.29, 0.717) is 149 Å². The van der Waals surface area contributed by atoms with Gasteiger partial charge in [-0.3, -0.25) is 28.8 Å². The number of piperazine rings is 1. The fourth-order valence-electron chi connectivity index (χ4n) is 17.3. The fourth-order valence-corrected chi connectivity index (χ4v) is 17.3. The minimum absolute atomic E-state index is 0.00523. The number of phenols is 1. The van der Waals surface area contributed by atoms with Crippen molar-refractivity contribution in [1.82, 2.24) is 80.5 Å². The average molecular weight is 1800 g/mol. The largest absolute Gasteiger partial charge is 0.508 e. The number of nitrogens with one attached hydrogen (secondary N) is 4. The number of aromatic amines is 1. The number of ether oxygens (including phenoxy) is 7. The zero-order valence-electron chi connectivity index (χ0n) is 75.2. The number of unbranched alkanes of at least 4 members (excludes halogenated alkanes) is 1. The maximum atomic E-state index is 14.7. The number of esters is 1. The number of fused-ring (bicyclic) bond motifs is 5. The number of alkyl carbamates (subject to hydrolysis) is 1. The van der Waals surface area contributed by atoms with Crippen molar-refractivity contribution >= 4 is 86.8 Å². The number of hydrogen-bond acceptors (Lipinski definition) is 32. The molecule has 7 aromatic rings. The van der Waals surface area contributed by atoms with E-state index in [4.69, 9.17) is 49.7 Å². The summed E-state index contributed by atoms with van der Waals surface area (Å²) in [6.45, 7) is 14.5. The molecule has 4 fully saturated rings. The van der Waals surface area contributed by atoms with Gasteiger partial charge in [0.1, 0.15) is 66.0 Å². The number of carbonyl (C=O) groups excluding carboxylic acids is 8. The van der Waals surface area contributed by atoms with Gasteiger partial charge in [-0.15, -0.1) is 5.10 Å². The minimum atomic E-state index is -2.52. The lowest BCUT2D eigenvalue weighted by molar-refractivity contribution is -0.265. The van der Waals surface area contributed by atoms with Gasteiger partial charge in [0.25, 0.3) is 17.6 Å². The van der Waals surface area contributed by atoms with E-state index >= 15 is 0 Å². The van der Waals surface area contributed by atoms with E-state index < -0.39 is 114 Å². The maximum Gasteiger partial charge on any atom is 0.407 e. The summed E-state index contributed by atoms with van der Waals surface area (Å²) in [6, 6.07) is 4.43. The molecule has 4 amide bonds. The van der Waals surface area contributed by atoms with Gasteiger partial charge < -0.3 is 101 Å². The number of phenolic OH excluding ortho intramolecular Hbond substituents is 1. The summed E-state index contributed by atoms with van der Waals surface area (Å²) in [5.41, 5.74) is 18.6. The number of benzene rings is 1. The Morgan fingerprint density at radius 2 is 1.51 bits per heavy atom. The van der Waals surface area contributed by atoms with Gasteiger partial charge in [0.05, 0.1) is 73.6 Å². The number of aliphatic hydroxyl groups excluding tert-OH is 2. The van der Waals surface area contributed by atoms with E-state index in [9.17, 15) is 58.8 Å². The molecule has 702 valence electrons. The smallest absolute Gasteiger partial charge is 0.407 e. The van der Waals surface area contributed by atoms with Gasteiger partial charge in [0.2, 0.25) is 23.6 Å². The van der Waals surface area contributed by atoms with Gasteiger partial charge >= 0.3 is 12.1 Å². The second kappa shape index (κ2) is 46.4. The molecule has 0 radical (unpaired) electrons. The standard InChI is InChI=1S/C91H124N20O19/c1-54-16-10-9-11-17-55(2)73(124-7)44-66-22-19-59(6)91(123,130-66)82(118)86(120)109-28-14-12-18-71(109)87(121)129-74(45-72(113)56(3)39-58(5)80(116)81(117)79(115)57(4)38-54)67(92)40-60-20-24-70(75(41-60)125-8)111-51-64(104-106-111)52-128-90(122)95-27-35-127-37-36-126-34-25-76(114)96-46-61-47-97-88(98-48-61)107-30-32-108(33-31-107)89-99-49-63(50-100-89)85(119)94-26-13-15-29-110-84-77(83(93)101-53-102-84)78(105-110)69-43-62-42-65(112)21-23-68(62)103-69/h9-11,16-17,21,23,39,42-43,47-51,53-54,56-57,59-60,66-67,70-71,73-75,80-81,103,112,116-117,123H,12-15,18-20,22,24-38,40-41,44-46,52,92H2,1-8H3,(H,94,119)(H,95,122)(H,96,114)(H2,93,101,102)/b11-9+,16-10+,55-17+,58-39+/t54-,56-,57-,59-,60+,66+,67-,70+,71+,73+,74+,75-,80-,81+,91-/m1/s1. The number of carbonyl (C=O) groups is 8. The van der Waals surface area contributed by atoms with Gasteiger partial charge in [0, 0.05) is 157 Å². The number of piperidine rings is 1. The highest BCUT2D eigenvalue weighted by Gasteiger charge is 2.53. The summed E-state index contributed by atoms with van der Waals surface area (Å²) in [7, 11) is 3.12. The summed E-state index contributed by atoms with van der Waals surface area (Å²) >= 11 is 0. The molecule has 3 saturated heterocycles. The fraction of sp³-hybridized carbons (Fsp3) is 0.571. The molecule has 39 nitrogen and oxygen atoms in total. The van der Waals surface area contributed by atoms with Gasteiger partial charge in [-0.25, -0.2) is 48.9 Å². The number of anilines is 3. The lowest BCUT2D eigenvalue weighted by Gasteiger charge is -2.42. The van der Waals surface area contributed by atoms with Crippen LogP contribution in [0.2, 0.25) is 0 Å². The third-order valence-corrected chi connectivity index (χ3v) is 25.0. The number of Topliss-reactive ketones (excluding diaryl/α,β-unsaturated/α-hetero) is 3. The molecule has 1 aromatic carbocycles.